The Kier molecular flexibility index (Phi) is 6.24. The Labute approximate surface area is 166 Å². The molecule has 0 fully saturated rings. The van der Waals surface area contributed by atoms with Crippen LogP contribution in [0.5, 0.6) is 5.75 Å². The van der Waals surface area contributed by atoms with Gasteiger partial charge >= 0.3 is 0 Å². The number of ether oxygens (including phenoxy) is 1. The fourth-order valence-electron chi connectivity index (χ4n) is 3.15. The van der Waals surface area contributed by atoms with Crippen molar-refractivity contribution in [1.29, 1.82) is 0 Å². The Morgan fingerprint density at radius 2 is 1.89 bits per heavy atom. The van der Waals surface area contributed by atoms with Gasteiger partial charge in [-0.1, -0.05) is 25.1 Å². The van der Waals surface area contributed by atoms with Gasteiger partial charge in [-0.2, -0.15) is 0 Å². The van der Waals surface area contributed by atoms with E-state index in [4.69, 9.17) is 4.74 Å². The van der Waals surface area contributed by atoms with Crippen molar-refractivity contribution < 1.29 is 17.9 Å². The molecule has 3 rings (SSSR count). The summed E-state index contributed by atoms with van der Waals surface area (Å²) < 4.78 is 33.1. The summed E-state index contributed by atoms with van der Waals surface area (Å²) in [5, 5.41) is 2.82. The Hall–Kier alpha value is -2.54. The van der Waals surface area contributed by atoms with E-state index in [1.54, 1.807) is 12.1 Å². The van der Waals surface area contributed by atoms with Gasteiger partial charge in [0.05, 0.1) is 10.6 Å². The summed E-state index contributed by atoms with van der Waals surface area (Å²) in [6, 6.07) is 13.9. The number of nitrogens with zero attached hydrogens (tertiary/aromatic N) is 1. The van der Waals surface area contributed by atoms with Gasteiger partial charge in [-0.25, -0.2) is 8.42 Å². The molecule has 150 valence electrons. The molecule has 0 aromatic heterocycles. The molecule has 0 saturated carbocycles. The number of anilines is 1. The first-order valence-electron chi connectivity index (χ1n) is 9.54. The van der Waals surface area contributed by atoms with Crippen LogP contribution in [0, 0.1) is 0 Å². The zero-order valence-electron chi connectivity index (χ0n) is 16.2. The van der Waals surface area contributed by atoms with Crippen molar-refractivity contribution in [3.8, 4) is 5.75 Å². The largest absolute Gasteiger partial charge is 0.484 e. The lowest BCUT2D eigenvalue weighted by atomic mass is 10.0. The molecule has 1 aliphatic rings. The van der Waals surface area contributed by atoms with E-state index in [9.17, 15) is 13.2 Å². The standard InChI is InChI=1S/C21H26N2O4S/c1-3-16(2)22-21(24)15-27-18-10-12-19(13-11-18)28(25,26)23-14-6-8-17-7-4-5-9-20(17)23/h4-5,7,9-13,16H,3,6,8,14-15H2,1-2H3,(H,22,24)/t16-/m1/s1. The van der Waals surface area contributed by atoms with Crippen LogP contribution in [0.4, 0.5) is 5.69 Å². The smallest absolute Gasteiger partial charge is 0.264 e. The summed E-state index contributed by atoms with van der Waals surface area (Å²) in [5.41, 5.74) is 1.79. The second kappa shape index (κ2) is 8.65. The monoisotopic (exact) mass is 402 g/mol. The number of hydrogen-bond donors (Lipinski definition) is 1. The van der Waals surface area contributed by atoms with E-state index >= 15 is 0 Å². The van der Waals surface area contributed by atoms with Crippen molar-refractivity contribution in [1.82, 2.24) is 5.32 Å². The lowest BCUT2D eigenvalue weighted by molar-refractivity contribution is -0.123. The number of para-hydroxylation sites is 1. The van der Waals surface area contributed by atoms with Crippen LogP contribution in [0.2, 0.25) is 0 Å². The number of sulfonamides is 1. The van der Waals surface area contributed by atoms with E-state index in [2.05, 4.69) is 5.32 Å². The third-order valence-electron chi connectivity index (χ3n) is 4.87. The van der Waals surface area contributed by atoms with Crippen molar-refractivity contribution in [3.05, 3.63) is 54.1 Å². The summed E-state index contributed by atoms with van der Waals surface area (Å²) in [7, 11) is -3.64. The summed E-state index contributed by atoms with van der Waals surface area (Å²) >= 11 is 0. The first-order chi connectivity index (χ1) is 13.4. The number of rotatable bonds is 7. The Balaban J connectivity index is 1.70. The molecule has 0 saturated heterocycles. The maximum atomic E-state index is 13.1. The molecule has 6 nitrogen and oxygen atoms in total. The molecule has 0 bridgehead atoms. The fourth-order valence-corrected chi connectivity index (χ4v) is 4.69. The first kappa shape index (κ1) is 20.2. The zero-order chi connectivity index (χ0) is 20.1. The van der Waals surface area contributed by atoms with Gasteiger partial charge in [0.2, 0.25) is 0 Å². The Bertz CT molecular complexity index is 926. The van der Waals surface area contributed by atoms with Gasteiger partial charge in [-0.15, -0.1) is 0 Å². The molecule has 7 heteroatoms. The van der Waals surface area contributed by atoms with Crippen LogP contribution in [0.1, 0.15) is 32.3 Å². The van der Waals surface area contributed by atoms with E-state index in [1.165, 1.54) is 16.4 Å². The second-order valence-electron chi connectivity index (χ2n) is 6.95. The SMILES string of the molecule is CC[C@@H](C)NC(=O)COc1ccc(S(=O)(=O)N2CCCc3ccccc32)cc1. The molecular weight excluding hydrogens is 376 g/mol. The molecule has 1 N–H and O–H groups in total. The lowest BCUT2D eigenvalue weighted by Gasteiger charge is -2.30. The highest BCUT2D eigenvalue weighted by molar-refractivity contribution is 7.92. The number of carbonyl (C=O) groups is 1. The van der Waals surface area contributed by atoms with Gasteiger partial charge in [0.25, 0.3) is 15.9 Å². The van der Waals surface area contributed by atoms with Gasteiger partial charge in [-0.05, 0) is 62.1 Å². The van der Waals surface area contributed by atoms with Crippen molar-refractivity contribution in [2.75, 3.05) is 17.5 Å². The van der Waals surface area contributed by atoms with Crippen LogP contribution in [0.15, 0.2) is 53.4 Å². The molecular formula is C21H26N2O4S. The van der Waals surface area contributed by atoms with Crippen LogP contribution in [0.25, 0.3) is 0 Å². The lowest BCUT2D eigenvalue weighted by Crippen LogP contribution is -2.35. The fraction of sp³-hybridized carbons (Fsp3) is 0.381. The van der Waals surface area contributed by atoms with Crippen molar-refractivity contribution in [2.24, 2.45) is 0 Å². The number of aryl methyl sites for hydroxylation is 1. The first-order valence-corrected chi connectivity index (χ1v) is 11.0. The molecule has 2 aromatic rings. The van der Waals surface area contributed by atoms with Crippen molar-refractivity contribution >= 4 is 21.6 Å². The third kappa shape index (κ3) is 4.47. The van der Waals surface area contributed by atoms with Gasteiger partial charge in [0, 0.05) is 12.6 Å². The van der Waals surface area contributed by atoms with E-state index in [-0.39, 0.29) is 23.5 Å². The number of nitrogens with one attached hydrogen (secondary N) is 1. The number of amides is 1. The van der Waals surface area contributed by atoms with E-state index in [0.29, 0.717) is 12.3 Å². The minimum atomic E-state index is -3.64. The third-order valence-corrected chi connectivity index (χ3v) is 6.70. The molecule has 0 radical (unpaired) electrons. The topological polar surface area (TPSA) is 75.7 Å². The number of benzene rings is 2. The quantitative estimate of drug-likeness (QED) is 0.772. The molecule has 0 spiro atoms. The summed E-state index contributed by atoms with van der Waals surface area (Å²) in [4.78, 5) is 12.0. The highest BCUT2D eigenvalue weighted by Gasteiger charge is 2.28. The number of carbonyl (C=O) groups excluding carboxylic acids is 1. The predicted molar refractivity (Wildman–Crippen MR) is 109 cm³/mol. The average molecular weight is 403 g/mol. The van der Waals surface area contributed by atoms with Crippen molar-refractivity contribution in [3.63, 3.8) is 0 Å². The van der Waals surface area contributed by atoms with Crippen LogP contribution in [-0.4, -0.2) is 33.5 Å². The van der Waals surface area contributed by atoms with Crippen molar-refractivity contribution in [2.45, 2.75) is 44.0 Å². The van der Waals surface area contributed by atoms with E-state index in [1.807, 2.05) is 38.1 Å². The molecule has 1 heterocycles. The Morgan fingerprint density at radius 1 is 1.18 bits per heavy atom. The minimum absolute atomic E-state index is 0.0936. The molecule has 28 heavy (non-hydrogen) atoms. The van der Waals surface area contributed by atoms with Gasteiger partial charge in [0.15, 0.2) is 6.61 Å². The summed E-state index contributed by atoms with van der Waals surface area (Å²) in [5.74, 6) is 0.258. The van der Waals surface area contributed by atoms with E-state index in [0.717, 1.165) is 30.5 Å². The highest BCUT2D eigenvalue weighted by Crippen LogP contribution is 2.32. The maximum absolute atomic E-state index is 13.1. The summed E-state index contributed by atoms with van der Waals surface area (Å²) in [6.07, 6.45) is 2.52. The Morgan fingerprint density at radius 3 is 2.61 bits per heavy atom. The predicted octanol–water partition coefficient (Wildman–Crippen LogP) is 3.12. The number of hydrogen-bond acceptors (Lipinski definition) is 4. The maximum Gasteiger partial charge on any atom is 0.264 e. The van der Waals surface area contributed by atoms with Gasteiger partial charge in [-0.3, -0.25) is 9.10 Å². The molecule has 1 amide bonds. The van der Waals surface area contributed by atoms with Gasteiger partial charge < -0.3 is 10.1 Å². The number of fused-ring (bicyclic) bond motifs is 1. The van der Waals surface area contributed by atoms with Crippen LogP contribution >= 0.6 is 0 Å². The van der Waals surface area contributed by atoms with Gasteiger partial charge in [0.1, 0.15) is 5.75 Å². The highest BCUT2D eigenvalue weighted by atomic mass is 32.2. The summed E-state index contributed by atoms with van der Waals surface area (Å²) in [6.45, 7) is 4.28. The zero-order valence-corrected chi connectivity index (χ0v) is 17.0. The molecule has 2 aromatic carbocycles. The van der Waals surface area contributed by atoms with E-state index < -0.39 is 10.0 Å². The van der Waals surface area contributed by atoms with Crippen LogP contribution < -0.4 is 14.4 Å². The van der Waals surface area contributed by atoms with Crippen LogP contribution in [0.3, 0.4) is 0 Å². The normalized spacial score (nSPS) is 14.9. The molecule has 0 unspecified atom stereocenters. The minimum Gasteiger partial charge on any atom is -0.484 e. The average Bonchev–Trinajstić information content (AvgIpc) is 2.72. The molecule has 1 aliphatic heterocycles. The van der Waals surface area contributed by atoms with Crippen LogP contribution in [-0.2, 0) is 21.2 Å². The molecule has 0 aliphatic carbocycles. The second-order valence-corrected chi connectivity index (χ2v) is 8.81. The molecule has 1 atom stereocenters.